The molecule has 0 aliphatic rings. The van der Waals surface area contributed by atoms with Gasteiger partial charge in [0, 0.05) is 21.5 Å². The van der Waals surface area contributed by atoms with Crippen LogP contribution in [-0.4, -0.2) is 9.13 Å². The summed E-state index contributed by atoms with van der Waals surface area (Å²) >= 11 is 0. The number of hydrogen-bond donors (Lipinski definition) is 0. The first kappa shape index (κ1) is 40.2. The largest absolute Gasteiger partial charge is 0.416 e. The van der Waals surface area contributed by atoms with Crippen LogP contribution in [-0.2, 0) is 6.18 Å². The van der Waals surface area contributed by atoms with Crippen molar-refractivity contribution in [3.8, 4) is 81.2 Å². The Hall–Kier alpha value is -9.91. The topological polar surface area (TPSA) is 153 Å². The number of fused-ring (bicyclic) bond motifs is 6. The highest BCUT2D eigenvalue weighted by molar-refractivity contribution is 6.12. The van der Waals surface area contributed by atoms with E-state index < -0.39 is 11.7 Å². The summed E-state index contributed by atoms with van der Waals surface area (Å²) in [5.74, 6) is 0. The van der Waals surface area contributed by atoms with Crippen molar-refractivity contribution in [1.82, 2.24) is 9.13 Å². The summed E-state index contributed by atoms with van der Waals surface area (Å²) in [6.07, 6.45) is -4.70. The molecule has 2 heterocycles. The van der Waals surface area contributed by atoms with Gasteiger partial charge in [0.2, 0.25) is 0 Å². The van der Waals surface area contributed by atoms with Gasteiger partial charge in [0.15, 0.2) is 0 Å². The van der Waals surface area contributed by atoms with E-state index in [0.29, 0.717) is 72.4 Å². The molecule has 0 aliphatic heterocycles. The number of rotatable bonds is 5. The number of aromatic nitrogens is 2. The smallest absolute Gasteiger partial charge is 0.308 e. The van der Waals surface area contributed by atoms with Crippen molar-refractivity contribution < 1.29 is 13.2 Å². The quantitative estimate of drug-likeness (QED) is 0.168. The maximum Gasteiger partial charge on any atom is 0.416 e. The fraction of sp³-hybridized carbons (Fsp3) is 0.0182. The highest BCUT2D eigenvalue weighted by Crippen LogP contribution is 2.43. The molecule has 0 saturated heterocycles. The van der Waals surface area contributed by atoms with Crippen molar-refractivity contribution in [3.63, 3.8) is 0 Å². The van der Waals surface area contributed by atoms with Crippen LogP contribution in [0.15, 0.2) is 152 Å². The van der Waals surface area contributed by atoms with E-state index in [1.807, 2.05) is 100 Å². The molecule has 0 saturated carbocycles. The molecule has 306 valence electrons. The summed E-state index contributed by atoms with van der Waals surface area (Å²) in [7, 11) is 0. The predicted octanol–water partition coefficient (Wildman–Crippen LogP) is 13.1. The lowest BCUT2D eigenvalue weighted by molar-refractivity contribution is -0.137. The Morgan fingerprint density at radius 2 is 0.803 bits per heavy atom. The predicted molar refractivity (Wildman–Crippen MR) is 245 cm³/mol. The van der Waals surface area contributed by atoms with Crippen LogP contribution in [0.5, 0.6) is 0 Å². The molecule has 66 heavy (non-hydrogen) atoms. The Kier molecular flexibility index (Phi) is 9.41. The van der Waals surface area contributed by atoms with Crippen molar-refractivity contribution in [3.05, 3.63) is 191 Å². The van der Waals surface area contributed by atoms with Crippen LogP contribution in [0.25, 0.3) is 88.4 Å². The Morgan fingerprint density at radius 1 is 0.364 bits per heavy atom. The van der Waals surface area contributed by atoms with Gasteiger partial charge in [-0.3, -0.25) is 0 Å². The average molecular weight is 855 g/mol. The first-order valence-corrected chi connectivity index (χ1v) is 20.2. The number of benzene rings is 8. The van der Waals surface area contributed by atoms with Crippen molar-refractivity contribution in [2.75, 3.05) is 0 Å². The average Bonchev–Trinajstić information content (AvgIpc) is 3.87. The standard InChI is InChI=1S/C55H25F3N8/c56-55(57,58)42-11-12-43(41(21-42)30-63)40-24-53(65-49-7-3-1-5-44(49)46-22-36(9-13-51(46)65)38-17-32(26-59)15-33(18-38)27-60)48(31-64)54(25-40)66-50-8-4-2-6-45(50)47-23-37(10-14-52(47)66)39-19-34(28-61)16-35(20-39)29-62/h1-25H. The van der Waals surface area contributed by atoms with E-state index in [1.54, 1.807) is 36.4 Å². The number of para-hydroxylation sites is 2. The van der Waals surface area contributed by atoms with E-state index >= 15 is 0 Å². The van der Waals surface area contributed by atoms with Gasteiger partial charge in [-0.1, -0.05) is 54.6 Å². The maximum absolute atomic E-state index is 14.0. The van der Waals surface area contributed by atoms with Gasteiger partial charge in [0.25, 0.3) is 0 Å². The molecular formula is C55H25F3N8. The second-order valence-electron chi connectivity index (χ2n) is 15.6. The van der Waals surface area contributed by atoms with E-state index in [1.165, 1.54) is 18.2 Å². The zero-order valence-corrected chi connectivity index (χ0v) is 34.1. The van der Waals surface area contributed by atoms with E-state index in [4.69, 9.17) is 0 Å². The van der Waals surface area contributed by atoms with Gasteiger partial charge in [-0.05, 0) is 130 Å². The van der Waals surface area contributed by atoms with E-state index in [0.717, 1.165) is 44.8 Å². The molecule has 10 aromatic rings. The summed E-state index contributed by atoms with van der Waals surface area (Å²) in [6.45, 7) is 0. The zero-order chi connectivity index (χ0) is 45.9. The second kappa shape index (κ2) is 15.5. The van der Waals surface area contributed by atoms with Gasteiger partial charge in [-0.15, -0.1) is 0 Å². The normalized spacial score (nSPS) is 11.2. The summed E-state index contributed by atoms with van der Waals surface area (Å²) in [5.41, 5.74) is 7.36. The van der Waals surface area contributed by atoms with Crippen molar-refractivity contribution in [2.45, 2.75) is 6.18 Å². The zero-order valence-electron chi connectivity index (χ0n) is 34.1. The molecule has 11 heteroatoms. The molecule has 0 N–H and O–H groups in total. The van der Waals surface area contributed by atoms with Gasteiger partial charge in [-0.2, -0.15) is 44.7 Å². The van der Waals surface area contributed by atoms with Gasteiger partial charge < -0.3 is 9.13 Å². The van der Waals surface area contributed by atoms with Crippen LogP contribution in [0.2, 0.25) is 0 Å². The van der Waals surface area contributed by atoms with Crippen LogP contribution >= 0.6 is 0 Å². The lowest BCUT2D eigenvalue weighted by Crippen LogP contribution is -2.07. The summed E-state index contributed by atoms with van der Waals surface area (Å²) in [6, 6.07) is 56.0. The van der Waals surface area contributed by atoms with Gasteiger partial charge in [-0.25, -0.2) is 0 Å². The van der Waals surface area contributed by atoms with Crippen LogP contribution in [0.1, 0.15) is 38.9 Å². The number of nitrogens with zero attached hydrogens (tertiary/aromatic N) is 8. The first-order valence-electron chi connectivity index (χ1n) is 20.2. The Morgan fingerprint density at radius 3 is 1.21 bits per heavy atom. The van der Waals surface area contributed by atoms with Crippen molar-refractivity contribution in [2.24, 2.45) is 0 Å². The molecule has 0 amide bonds. The van der Waals surface area contributed by atoms with Crippen molar-refractivity contribution in [1.29, 1.82) is 31.6 Å². The lowest BCUT2D eigenvalue weighted by atomic mass is 9.95. The Bertz CT molecular complexity index is 3740. The number of alkyl halides is 3. The van der Waals surface area contributed by atoms with Gasteiger partial charge in [0.05, 0.1) is 97.2 Å². The molecule has 0 aliphatic carbocycles. The number of halogens is 3. The fourth-order valence-electron chi connectivity index (χ4n) is 8.97. The van der Waals surface area contributed by atoms with Crippen LogP contribution in [0, 0.1) is 68.0 Å². The molecule has 0 spiro atoms. The highest BCUT2D eigenvalue weighted by Gasteiger charge is 2.32. The Balaban J connectivity index is 1.30. The third-order valence-corrected chi connectivity index (χ3v) is 11.9. The van der Waals surface area contributed by atoms with E-state index in [-0.39, 0.29) is 16.7 Å². The van der Waals surface area contributed by atoms with Crippen molar-refractivity contribution >= 4 is 43.6 Å². The molecule has 2 aromatic heterocycles. The lowest BCUT2D eigenvalue weighted by Gasteiger charge is -2.19. The minimum atomic E-state index is -4.70. The molecule has 8 aromatic carbocycles. The summed E-state index contributed by atoms with van der Waals surface area (Å²) in [5, 5.41) is 63.9. The molecule has 0 fully saturated rings. The van der Waals surface area contributed by atoms with E-state index in [2.05, 4.69) is 30.3 Å². The van der Waals surface area contributed by atoms with Gasteiger partial charge >= 0.3 is 6.18 Å². The molecule has 8 nitrogen and oxygen atoms in total. The monoisotopic (exact) mass is 854 g/mol. The van der Waals surface area contributed by atoms with E-state index in [9.17, 15) is 44.7 Å². The third-order valence-electron chi connectivity index (χ3n) is 11.9. The van der Waals surface area contributed by atoms with Crippen LogP contribution < -0.4 is 0 Å². The molecule has 0 atom stereocenters. The summed E-state index contributed by atoms with van der Waals surface area (Å²) in [4.78, 5) is 0. The molecule has 10 rings (SSSR count). The Labute approximate surface area is 374 Å². The molecule has 0 unspecified atom stereocenters. The second-order valence-corrected chi connectivity index (χ2v) is 15.6. The molecule has 0 radical (unpaired) electrons. The fourth-order valence-corrected chi connectivity index (χ4v) is 8.97. The molecular weight excluding hydrogens is 830 g/mol. The van der Waals surface area contributed by atoms with Gasteiger partial charge in [0.1, 0.15) is 11.6 Å². The number of hydrogen-bond acceptors (Lipinski definition) is 6. The summed E-state index contributed by atoms with van der Waals surface area (Å²) < 4.78 is 46.0. The highest BCUT2D eigenvalue weighted by atomic mass is 19.4. The SMILES string of the molecule is N#Cc1cc(C#N)cc(-c2ccc3c(c2)c2ccccc2n3-c2cc(-c3ccc(C(F)(F)F)cc3C#N)cc(-n3c4ccccc4c4cc(-c5cc(C#N)cc(C#N)c5)ccc43)c2C#N)c1. The van der Waals surface area contributed by atoms with Crippen LogP contribution in [0.3, 0.4) is 0 Å². The minimum absolute atomic E-state index is 0.210. The minimum Gasteiger partial charge on any atom is -0.308 e. The maximum atomic E-state index is 14.0. The van der Waals surface area contributed by atoms with Crippen LogP contribution in [0.4, 0.5) is 13.2 Å². The molecule has 0 bridgehead atoms. The first-order chi connectivity index (χ1) is 32.0. The number of nitriles is 6. The third kappa shape index (κ3) is 6.51.